The van der Waals surface area contributed by atoms with Crippen LogP contribution >= 0.6 is 11.9 Å². The van der Waals surface area contributed by atoms with E-state index >= 15 is 0 Å². The zero-order valence-corrected chi connectivity index (χ0v) is 25.6. The molecule has 13 heteroatoms. The largest absolute Gasteiger partial charge is 0.480 e. The molecule has 1 fully saturated rings. The Morgan fingerprint density at radius 3 is 2.29 bits per heavy atom. The highest BCUT2D eigenvalue weighted by Gasteiger charge is 2.48. The smallest absolute Gasteiger partial charge is 0.416 e. The first-order valence-electron chi connectivity index (χ1n) is 14.1. The maximum Gasteiger partial charge on any atom is 0.416 e. The zero-order valence-electron chi connectivity index (χ0n) is 24.7. The van der Waals surface area contributed by atoms with Crippen LogP contribution in [0.25, 0.3) is 0 Å². The first-order chi connectivity index (χ1) is 21.2. The Labute approximate surface area is 262 Å². The van der Waals surface area contributed by atoms with Crippen LogP contribution in [0.15, 0.2) is 83.8 Å². The summed E-state index contributed by atoms with van der Waals surface area (Å²) >= 11 is 1.39. The zero-order chi connectivity index (χ0) is 32.8. The maximum absolute atomic E-state index is 13.3. The van der Waals surface area contributed by atoms with E-state index in [1.54, 1.807) is 32.0 Å². The molecular weight excluding hydrogens is 613 g/mol. The second kappa shape index (κ2) is 14.2. The van der Waals surface area contributed by atoms with Gasteiger partial charge >= 0.3 is 24.2 Å². The number of rotatable bonds is 12. The molecule has 1 aliphatic rings. The first kappa shape index (κ1) is 33.7. The summed E-state index contributed by atoms with van der Waals surface area (Å²) in [5.74, 6) is -2.16. The fourth-order valence-electron chi connectivity index (χ4n) is 4.56. The van der Waals surface area contributed by atoms with E-state index < -0.39 is 53.6 Å². The minimum absolute atomic E-state index is 0.0500. The molecule has 240 valence electrons. The van der Waals surface area contributed by atoms with E-state index in [1.807, 2.05) is 40.7 Å². The van der Waals surface area contributed by atoms with Gasteiger partial charge in [0.25, 0.3) is 0 Å². The van der Waals surface area contributed by atoms with Gasteiger partial charge in [0, 0.05) is 18.2 Å². The van der Waals surface area contributed by atoms with Gasteiger partial charge in [0.05, 0.1) is 24.6 Å². The van der Waals surface area contributed by atoms with Gasteiger partial charge in [-0.15, -0.1) is 0 Å². The lowest BCUT2D eigenvalue weighted by atomic mass is 9.87. The third-order valence-corrected chi connectivity index (χ3v) is 7.81. The predicted molar refractivity (Wildman–Crippen MR) is 159 cm³/mol. The van der Waals surface area contributed by atoms with Crippen LogP contribution in [-0.4, -0.2) is 52.9 Å². The number of carbonyl (C=O) groups is 3. The van der Waals surface area contributed by atoms with Gasteiger partial charge in [0.15, 0.2) is 5.60 Å². The Morgan fingerprint density at radius 1 is 0.956 bits per heavy atom. The number of nitrogens with one attached hydrogen (secondary N) is 1. The number of halogens is 3. The van der Waals surface area contributed by atoms with Crippen LogP contribution in [0.5, 0.6) is 5.75 Å². The van der Waals surface area contributed by atoms with Crippen LogP contribution in [0, 0.1) is 5.92 Å². The quantitative estimate of drug-likeness (QED) is 0.134. The molecule has 0 radical (unpaired) electrons. The molecule has 0 saturated carbocycles. The average Bonchev–Trinajstić information content (AvgIpc) is 2.95. The van der Waals surface area contributed by atoms with Crippen molar-refractivity contribution < 1.29 is 46.9 Å². The molecule has 2 atom stereocenters. The van der Waals surface area contributed by atoms with E-state index in [4.69, 9.17) is 14.2 Å². The van der Waals surface area contributed by atoms with Crippen molar-refractivity contribution in [1.29, 1.82) is 0 Å². The lowest BCUT2D eigenvalue weighted by Crippen LogP contribution is -2.59. The summed E-state index contributed by atoms with van der Waals surface area (Å²) in [5, 5.41) is 12.0. The summed E-state index contributed by atoms with van der Waals surface area (Å²) in [4.78, 5) is 36.7. The number of hydrogen-bond acceptors (Lipinski definition) is 8. The predicted octanol–water partition coefficient (Wildman–Crippen LogP) is 6.27. The summed E-state index contributed by atoms with van der Waals surface area (Å²) in [6.07, 6.45) is -6.80. The third kappa shape index (κ3) is 9.14. The van der Waals surface area contributed by atoms with Crippen LogP contribution in [0.4, 0.5) is 18.0 Å². The Morgan fingerprint density at radius 2 is 1.64 bits per heavy atom. The molecule has 3 aromatic rings. The molecule has 4 rings (SSSR count). The van der Waals surface area contributed by atoms with Gasteiger partial charge in [-0.05, 0) is 53.4 Å². The molecule has 45 heavy (non-hydrogen) atoms. The molecule has 9 nitrogen and oxygen atoms in total. The molecule has 1 amide bonds. The van der Waals surface area contributed by atoms with Crippen LogP contribution in [0.2, 0.25) is 0 Å². The SMILES string of the molecule is CC(OC(=O)NC(Cc1cccc(SN2CC(Oc3cccc(C(F)(F)F)c3)(c3ccccc3)C2)c1)C(=O)O)OC(=O)C(C)C. The number of hydrogen-bond donors (Lipinski definition) is 2. The Hall–Kier alpha value is -4.23. The highest BCUT2D eigenvalue weighted by molar-refractivity contribution is 7.97. The lowest BCUT2D eigenvalue weighted by molar-refractivity contribution is -0.169. The van der Waals surface area contributed by atoms with Crippen LogP contribution in [-0.2, 0) is 37.3 Å². The van der Waals surface area contributed by atoms with E-state index in [9.17, 15) is 32.7 Å². The number of nitrogens with zero attached hydrogens (tertiary/aromatic N) is 1. The van der Waals surface area contributed by atoms with Gasteiger partial charge < -0.3 is 24.6 Å². The maximum atomic E-state index is 13.3. The monoisotopic (exact) mass is 646 g/mol. The summed E-state index contributed by atoms with van der Waals surface area (Å²) in [6, 6.07) is 19.9. The van der Waals surface area contributed by atoms with Crippen LogP contribution < -0.4 is 10.1 Å². The fourth-order valence-corrected chi connectivity index (χ4v) is 5.75. The molecule has 0 aromatic heterocycles. The molecule has 1 saturated heterocycles. The van der Waals surface area contributed by atoms with Crippen molar-refractivity contribution in [2.75, 3.05) is 13.1 Å². The normalized spacial score (nSPS) is 15.8. The summed E-state index contributed by atoms with van der Waals surface area (Å²) < 4.78 is 58.1. The van der Waals surface area contributed by atoms with Crippen molar-refractivity contribution in [2.24, 2.45) is 5.92 Å². The number of alkyl halides is 3. The molecule has 0 spiro atoms. The van der Waals surface area contributed by atoms with E-state index in [1.165, 1.54) is 31.0 Å². The molecule has 1 heterocycles. The number of benzene rings is 3. The van der Waals surface area contributed by atoms with Crippen molar-refractivity contribution in [2.45, 2.75) is 56.2 Å². The highest BCUT2D eigenvalue weighted by Crippen LogP contribution is 2.43. The van der Waals surface area contributed by atoms with Crippen molar-refractivity contribution in [3.8, 4) is 5.75 Å². The Balaban J connectivity index is 1.40. The summed E-state index contributed by atoms with van der Waals surface area (Å²) in [6.45, 7) is 5.33. The van der Waals surface area contributed by atoms with E-state index in [0.717, 1.165) is 22.6 Å². The van der Waals surface area contributed by atoms with Crippen molar-refractivity contribution >= 4 is 30.0 Å². The van der Waals surface area contributed by atoms with Gasteiger partial charge in [0.2, 0.25) is 6.29 Å². The number of ether oxygens (including phenoxy) is 3. The van der Waals surface area contributed by atoms with Gasteiger partial charge in [-0.2, -0.15) is 13.2 Å². The number of carbonyl (C=O) groups excluding carboxylic acids is 2. The minimum Gasteiger partial charge on any atom is -0.480 e. The van der Waals surface area contributed by atoms with E-state index in [-0.39, 0.29) is 12.2 Å². The van der Waals surface area contributed by atoms with Crippen molar-refractivity contribution in [3.05, 3.63) is 95.6 Å². The molecule has 0 aliphatic carbocycles. The average molecular weight is 647 g/mol. The van der Waals surface area contributed by atoms with E-state index in [0.29, 0.717) is 18.7 Å². The second-order valence-corrected chi connectivity index (χ2v) is 12.0. The molecule has 0 bridgehead atoms. The number of aliphatic carboxylic acids is 1. The van der Waals surface area contributed by atoms with E-state index in [2.05, 4.69) is 5.32 Å². The van der Waals surface area contributed by atoms with Gasteiger partial charge in [-0.1, -0.05) is 62.4 Å². The fraction of sp³-hybridized carbons (Fsp3) is 0.344. The summed E-state index contributed by atoms with van der Waals surface area (Å²) in [7, 11) is 0. The number of carboxylic acids is 1. The topological polar surface area (TPSA) is 114 Å². The van der Waals surface area contributed by atoms with Gasteiger partial charge in [0.1, 0.15) is 11.8 Å². The third-order valence-electron chi connectivity index (χ3n) is 6.83. The molecule has 1 aliphatic heterocycles. The van der Waals surface area contributed by atoms with Crippen LogP contribution in [0.3, 0.4) is 0 Å². The van der Waals surface area contributed by atoms with Gasteiger partial charge in [-0.3, -0.25) is 4.79 Å². The standard InChI is InChI=1S/C32H33F3N2O7S/c1-20(2)29(40)42-21(3)43-30(41)36-27(28(38)39)16-22-9-7-14-26(15-22)45-37-18-31(19-37,23-10-5-4-6-11-23)44-25-13-8-12-24(17-25)32(33,34)35/h4-15,17,20-21,27H,16,18-19H2,1-3H3,(H,36,41)(H,38,39). The number of alkyl carbamates (subject to hydrolysis) is 1. The number of carboxylic acid groups (broad SMARTS) is 1. The lowest BCUT2D eigenvalue weighted by Gasteiger charge is -2.49. The second-order valence-electron chi connectivity index (χ2n) is 10.8. The van der Waals surface area contributed by atoms with Gasteiger partial charge in [-0.25, -0.2) is 13.9 Å². The Bertz CT molecular complexity index is 1500. The Kier molecular flexibility index (Phi) is 10.7. The first-order valence-corrected chi connectivity index (χ1v) is 14.9. The van der Waals surface area contributed by atoms with Crippen LogP contribution in [0.1, 0.15) is 37.5 Å². The minimum atomic E-state index is -4.50. The van der Waals surface area contributed by atoms with Crippen molar-refractivity contribution in [1.82, 2.24) is 9.62 Å². The highest BCUT2D eigenvalue weighted by atomic mass is 32.2. The molecule has 3 aromatic carbocycles. The molecule has 2 unspecified atom stereocenters. The molecular formula is C32H33F3N2O7S. The summed E-state index contributed by atoms with van der Waals surface area (Å²) in [5.41, 5.74) is -0.224. The van der Waals surface area contributed by atoms with Crippen molar-refractivity contribution in [3.63, 3.8) is 0 Å². The number of amides is 1. The number of esters is 1. The molecule has 2 N–H and O–H groups in total.